The molecule has 5 nitrogen and oxygen atoms in total. The molecular formula is C17H7Cl2N3O2. The van der Waals surface area contributed by atoms with Gasteiger partial charge in [-0.2, -0.15) is 15.0 Å². The van der Waals surface area contributed by atoms with Crippen LogP contribution in [0.4, 0.5) is 0 Å². The van der Waals surface area contributed by atoms with Crippen molar-refractivity contribution >= 4 is 34.8 Å². The number of rotatable bonds is 1. The van der Waals surface area contributed by atoms with Crippen LogP contribution < -0.4 is 0 Å². The zero-order valence-electron chi connectivity index (χ0n) is 12.0. The van der Waals surface area contributed by atoms with Crippen LogP contribution in [0.3, 0.4) is 0 Å². The van der Waals surface area contributed by atoms with Gasteiger partial charge in [0.2, 0.25) is 10.6 Å². The molecule has 0 saturated heterocycles. The van der Waals surface area contributed by atoms with Gasteiger partial charge in [0.25, 0.3) is 0 Å². The summed E-state index contributed by atoms with van der Waals surface area (Å²) in [6.07, 6.45) is 0. The Kier molecular flexibility index (Phi) is 3.40. The van der Waals surface area contributed by atoms with Crippen LogP contribution in [-0.2, 0) is 0 Å². The molecule has 0 bridgehead atoms. The van der Waals surface area contributed by atoms with Crippen molar-refractivity contribution in [2.75, 3.05) is 0 Å². The van der Waals surface area contributed by atoms with Crippen molar-refractivity contribution in [2.45, 2.75) is 0 Å². The molecule has 2 aromatic carbocycles. The molecular weight excluding hydrogens is 349 g/mol. The van der Waals surface area contributed by atoms with Gasteiger partial charge in [-0.15, -0.1) is 0 Å². The molecule has 1 aromatic heterocycles. The Morgan fingerprint density at radius 3 is 1.83 bits per heavy atom. The van der Waals surface area contributed by atoms with Crippen molar-refractivity contribution in [3.63, 3.8) is 0 Å². The molecule has 116 valence electrons. The van der Waals surface area contributed by atoms with Gasteiger partial charge in [-0.3, -0.25) is 9.59 Å². The van der Waals surface area contributed by atoms with Crippen molar-refractivity contribution in [2.24, 2.45) is 0 Å². The molecule has 0 aliphatic heterocycles. The van der Waals surface area contributed by atoms with Crippen LogP contribution in [-0.4, -0.2) is 26.5 Å². The number of ketones is 2. The van der Waals surface area contributed by atoms with Gasteiger partial charge < -0.3 is 0 Å². The lowest BCUT2D eigenvalue weighted by Crippen LogP contribution is -2.22. The number of carbonyl (C=O) groups is 2. The first-order chi connectivity index (χ1) is 11.6. The smallest absolute Gasteiger partial charge is 0.227 e. The molecule has 24 heavy (non-hydrogen) atoms. The van der Waals surface area contributed by atoms with Gasteiger partial charge >= 0.3 is 0 Å². The summed E-state index contributed by atoms with van der Waals surface area (Å²) < 4.78 is 0. The second kappa shape index (κ2) is 5.47. The fraction of sp³-hybridized carbons (Fsp3) is 0. The van der Waals surface area contributed by atoms with Gasteiger partial charge in [-0.05, 0) is 23.2 Å². The lowest BCUT2D eigenvalue weighted by atomic mass is 9.82. The largest absolute Gasteiger partial charge is 0.289 e. The lowest BCUT2D eigenvalue weighted by Gasteiger charge is -2.19. The summed E-state index contributed by atoms with van der Waals surface area (Å²) in [4.78, 5) is 37.4. The molecule has 0 spiro atoms. The van der Waals surface area contributed by atoms with Crippen LogP contribution in [0, 0.1) is 0 Å². The highest BCUT2D eigenvalue weighted by atomic mass is 35.5. The summed E-state index contributed by atoms with van der Waals surface area (Å²) in [5, 5.41) is -0.171. The number of benzene rings is 2. The van der Waals surface area contributed by atoms with Crippen LogP contribution in [0.2, 0.25) is 10.6 Å². The summed E-state index contributed by atoms with van der Waals surface area (Å²) in [7, 11) is 0. The lowest BCUT2D eigenvalue weighted by molar-refractivity contribution is 0.0979. The van der Waals surface area contributed by atoms with Crippen LogP contribution >= 0.6 is 23.2 Å². The molecule has 4 rings (SSSR count). The number of carbonyl (C=O) groups excluding carboxylic acids is 2. The van der Waals surface area contributed by atoms with Gasteiger partial charge in [0.15, 0.2) is 17.4 Å². The molecule has 0 radical (unpaired) electrons. The number of nitrogens with zero attached hydrogens (tertiary/aromatic N) is 3. The fourth-order valence-corrected chi connectivity index (χ4v) is 3.14. The molecule has 1 aliphatic carbocycles. The van der Waals surface area contributed by atoms with Crippen molar-refractivity contribution in [3.05, 3.63) is 75.3 Å². The predicted molar refractivity (Wildman–Crippen MR) is 88.6 cm³/mol. The number of hydrogen-bond donors (Lipinski definition) is 0. The first-order valence-corrected chi connectivity index (χ1v) is 7.71. The first-order valence-electron chi connectivity index (χ1n) is 6.95. The van der Waals surface area contributed by atoms with E-state index in [9.17, 15) is 9.59 Å². The van der Waals surface area contributed by atoms with E-state index < -0.39 is 0 Å². The molecule has 0 unspecified atom stereocenters. The van der Waals surface area contributed by atoms with Gasteiger partial charge in [0.1, 0.15) is 0 Å². The van der Waals surface area contributed by atoms with E-state index in [1.165, 1.54) is 0 Å². The zero-order chi connectivity index (χ0) is 16.8. The third kappa shape index (κ3) is 2.21. The quantitative estimate of drug-likeness (QED) is 0.521. The minimum atomic E-state index is -0.261. The summed E-state index contributed by atoms with van der Waals surface area (Å²) in [5.41, 5.74) is 1.70. The van der Waals surface area contributed by atoms with Crippen LogP contribution in [0.1, 0.15) is 31.8 Å². The number of halogens is 2. The highest BCUT2D eigenvalue weighted by Crippen LogP contribution is 2.33. The standard InChI is InChI=1S/C17H7Cl2N3O2/c18-16-20-15(21-17(19)22-16)11-7-3-6-10-12(11)14(24)9-5-2-1-4-8(9)13(10)23/h1-7H. The fourth-order valence-electron chi connectivity index (χ4n) is 2.78. The average Bonchev–Trinajstić information content (AvgIpc) is 2.58. The minimum Gasteiger partial charge on any atom is -0.289 e. The molecule has 7 heteroatoms. The Morgan fingerprint density at radius 2 is 1.17 bits per heavy atom. The van der Waals surface area contributed by atoms with Crippen LogP contribution in [0.25, 0.3) is 11.4 Å². The van der Waals surface area contributed by atoms with Gasteiger partial charge in [-0.25, -0.2) is 0 Å². The SMILES string of the molecule is O=C1c2ccccc2C(=O)c2c1cccc2-c1nc(Cl)nc(Cl)n1. The van der Waals surface area contributed by atoms with E-state index in [0.29, 0.717) is 22.3 Å². The normalized spacial score (nSPS) is 12.8. The summed E-state index contributed by atoms with van der Waals surface area (Å²) in [6, 6.07) is 11.6. The third-order valence-corrected chi connectivity index (χ3v) is 4.11. The number of hydrogen-bond acceptors (Lipinski definition) is 5. The highest BCUT2D eigenvalue weighted by Gasteiger charge is 2.32. The second-order valence-electron chi connectivity index (χ2n) is 5.13. The van der Waals surface area contributed by atoms with Crippen molar-refractivity contribution in [3.8, 4) is 11.4 Å². The Morgan fingerprint density at radius 1 is 0.625 bits per heavy atom. The van der Waals surface area contributed by atoms with E-state index >= 15 is 0 Å². The molecule has 1 aliphatic rings. The number of fused-ring (bicyclic) bond motifs is 2. The van der Waals surface area contributed by atoms with Crippen molar-refractivity contribution in [1.29, 1.82) is 0 Å². The zero-order valence-corrected chi connectivity index (χ0v) is 13.5. The second-order valence-corrected chi connectivity index (χ2v) is 5.81. The maximum Gasteiger partial charge on any atom is 0.227 e. The Bertz CT molecular complexity index is 1010. The van der Waals surface area contributed by atoms with Gasteiger partial charge in [0.05, 0.1) is 0 Å². The molecule has 0 amide bonds. The molecule has 0 fully saturated rings. The average molecular weight is 356 g/mol. The van der Waals surface area contributed by atoms with E-state index in [0.717, 1.165) is 0 Å². The Labute approximate surface area is 146 Å². The van der Waals surface area contributed by atoms with E-state index in [1.807, 2.05) is 0 Å². The summed E-state index contributed by atoms with van der Waals surface area (Å²) in [6.45, 7) is 0. The molecule has 0 saturated carbocycles. The van der Waals surface area contributed by atoms with E-state index in [4.69, 9.17) is 23.2 Å². The van der Waals surface area contributed by atoms with E-state index in [2.05, 4.69) is 15.0 Å². The molecule has 3 aromatic rings. The summed E-state index contributed by atoms with van der Waals surface area (Å²) in [5.74, 6) is -0.325. The van der Waals surface area contributed by atoms with Gasteiger partial charge in [0, 0.05) is 27.8 Å². The monoisotopic (exact) mass is 355 g/mol. The van der Waals surface area contributed by atoms with Gasteiger partial charge in [-0.1, -0.05) is 42.5 Å². The number of aromatic nitrogens is 3. The Balaban J connectivity index is 2.01. The Hall–Kier alpha value is -2.63. The molecule has 0 N–H and O–H groups in total. The minimum absolute atomic E-state index is 0.0856. The third-order valence-electron chi connectivity index (χ3n) is 3.77. The van der Waals surface area contributed by atoms with Crippen molar-refractivity contribution in [1.82, 2.24) is 15.0 Å². The topological polar surface area (TPSA) is 72.8 Å². The molecule has 0 atom stereocenters. The predicted octanol–water partition coefficient (Wildman–Crippen LogP) is 3.62. The maximum atomic E-state index is 12.9. The van der Waals surface area contributed by atoms with Crippen LogP contribution in [0.5, 0.6) is 0 Å². The van der Waals surface area contributed by atoms with Crippen molar-refractivity contribution < 1.29 is 9.59 Å². The molecule has 1 heterocycles. The summed E-state index contributed by atoms with van der Waals surface area (Å²) >= 11 is 11.7. The maximum absolute atomic E-state index is 12.9. The van der Waals surface area contributed by atoms with Crippen LogP contribution in [0.15, 0.2) is 42.5 Å². The van der Waals surface area contributed by atoms with E-state index in [1.54, 1.807) is 42.5 Å². The first kappa shape index (κ1) is 14.9. The highest BCUT2D eigenvalue weighted by molar-refractivity contribution is 6.32. The van der Waals surface area contributed by atoms with E-state index in [-0.39, 0.29) is 33.5 Å².